The van der Waals surface area contributed by atoms with Gasteiger partial charge in [-0.3, -0.25) is 4.79 Å². The molecule has 1 heterocycles. The second-order valence-electron chi connectivity index (χ2n) is 5.51. The fourth-order valence-electron chi connectivity index (χ4n) is 2.16. The number of carbonyl (C=O) groups excluding carboxylic acids is 2. The summed E-state index contributed by atoms with van der Waals surface area (Å²) in [5, 5.41) is 3.89. The van der Waals surface area contributed by atoms with E-state index in [0.29, 0.717) is 23.7 Å². The minimum atomic E-state index is -0.345. The summed E-state index contributed by atoms with van der Waals surface area (Å²) in [6.45, 7) is 2.12. The van der Waals surface area contributed by atoms with Gasteiger partial charge in [0.2, 0.25) is 5.91 Å². The number of furan rings is 1. The number of hydrogen-bond acceptors (Lipinski definition) is 5. The average Bonchev–Trinajstić information content (AvgIpc) is 3.34. The highest BCUT2D eigenvalue weighted by Crippen LogP contribution is 2.28. The fourth-order valence-corrected chi connectivity index (χ4v) is 2.16. The molecule has 1 N–H and O–H groups in total. The number of esters is 1. The third kappa shape index (κ3) is 3.90. The van der Waals surface area contributed by atoms with E-state index in [1.54, 1.807) is 37.3 Å². The molecule has 0 saturated heterocycles. The first-order chi connectivity index (χ1) is 11.7. The van der Waals surface area contributed by atoms with Crippen molar-refractivity contribution in [3.8, 4) is 11.3 Å². The Morgan fingerprint density at radius 3 is 2.67 bits per heavy atom. The topological polar surface area (TPSA) is 80.9 Å². The molecule has 24 heavy (non-hydrogen) atoms. The molecule has 0 aliphatic heterocycles. The molecule has 1 aromatic heterocycles. The van der Waals surface area contributed by atoms with Gasteiger partial charge in [0.25, 0.3) is 0 Å². The van der Waals surface area contributed by atoms with Crippen LogP contribution in [0.5, 0.6) is 0 Å². The van der Waals surface area contributed by atoms with Crippen molar-refractivity contribution < 1.29 is 18.7 Å². The highest BCUT2D eigenvalue weighted by Gasteiger charge is 2.29. The number of rotatable bonds is 6. The van der Waals surface area contributed by atoms with Crippen molar-refractivity contribution in [2.24, 2.45) is 11.0 Å². The van der Waals surface area contributed by atoms with E-state index in [9.17, 15) is 9.59 Å². The monoisotopic (exact) mass is 326 g/mol. The van der Waals surface area contributed by atoms with E-state index in [0.717, 1.165) is 18.4 Å². The summed E-state index contributed by atoms with van der Waals surface area (Å²) in [4.78, 5) is 23.1. The van der Waals surface area contributed by atoms with Crippen LogP contribution in [0.4, 0.5) is 0 Å². The summed E-state index contributed by atoms with van der Waals surface area (Å²) in [6.07, 6.45) is 3.35. The van der Waals surface area contributed by atoms with Crippen molar-refractivity contribution in [2.75, 3.05) is 6.61 Å². The van der Waals surface area contributed by atoms with E-state index in [1.165, 1.54) is 6.21 Å². The maximum atomic E-state index is 11.6. The second kappa shape index (κ2) is 7.12. The van der Waals surface area contributed by atoms with Gasteiger partial charge in [0.15, 0.2) is 0 Å². The zero-order valence-corrected chi connectivity index (χ0v) is 13.3. The van der Waals surface area contributed by atoms with E-state index in [4.69, 9.17) is 9.15 Å². The van der Waals surface area contributed by atoms with Crippen LogP contribution in [-0.4, -0.2) is 24.7 Å². The molecular weight excluding hydrogens is 308 g/mol. The number of nitrogens with zero attached hydrogens (tertiary/aromatic N) is 1. The van der Waals surface area contributed by atoms with Gasteiger partial charge in [-0.15, -0.1) is 0 Å². The maximum absolute atomic E-state index is 11.6. The van der Waals surface area contributed by atoms with Gasteiger partial charge in [-0.2, -0.15) is 5.10 Å². The van der Waals surface area contributed by atoms with Crippen molar-refractivity contribution in [1.82, 2.24) is 5.43 Å². The lowest BCUT2D eigenvalue weighted by Gasteiger charge is -2.02. The van der Waals surface area contributed by atoms with Gasteiger partial charge < -0.3 is 9.15 Å². The van der Waals surface area contributed by atoms with Crippen molar-refractivity contribution in [3.63, 3.8) is 0 Å². The normalized spacial score (nSPS) is 13.9. The number of nitrogens with one attached hydrogen (secondary N) is 1. The molecule has 1 amide bonds. The summed E-state index contributed by atoms with van der Waals surface area (Å²) < 4.78 is 10.6. The van der Waals surface area contributed by atoms with Crippen molar-refractivity contribution in [1.29, 1.82) is 0 Å². The minimum absolute atomic E-state index is 0.0485. The van der Waals surface area contributed by atoms with Crippen LogP contribution in [0.1, 0.15) is 35.9 Å². The Balaban J connectivity index is 1.63. The summed E-state index contributed by atoms with van der Waals surface area (Å²) in [6, 6.07) is 10.5. The number of carbonyl (C=O) groups is 2. The maximum Gasteiger partial charge on any atom is 0.338 e. The van der Waals surface area contributed by atoms with Crippen LogP contribution in [0.15, 0.2) is 45.9 Å². The molecule has 2 aromatic rings. The van der Waals surface area contributed by atoms with Gasteiger partial charge in [0.1, 0.15) is 11.5 Å². The molecule has 124 valence electrons. The number of hydrazone groups is 1. The quantitative estimate of drug-likeness (QED) is 0.503. The zero-order chi connectivity index (χ0) is 16.9. The number of ether oxygens (including phenoxy) is 1. The third-order valence-corrected chi connectivity index (χ3v) is 3.62. The van der Waals surface area contributed by atoms with Crippen LogP contribution in [0.25, 0.3) is 11.3 Å². The van der Waals surface area contributed by atoms with Crippen molar-refractivity contribution in [2.45, 2.75) is 19.8 Å². The summed E-state index contributed by atoms with van der Waals surface area (Å²) >= 11 is 0. The Labute approximate surface area is 139 Å². The van der Waals surface area contributed by atoms with Crippen LogP contribution < -0.4 is 5.43 Å². The van der Waals surface area contributed by atoms with E-state index < -0.39 is 0 Å². The van der Waals surface area contributed by atoms with E-state index in [-0.39, 0.29) is 17.8 Å². The van der Waals surface area contributed by atoms with E-state index >= 15 is 0 Å². The Morgan fingerprint density at radius 2 is 2.00 bits per heavy atom. The van der Waals surface area contributed by atoms with Gasteiger partial charge in [0.05, 0.1) is 18.4 Å². The lowest BCUT2D eigenvalue weighted by atomic mass is 10.1. The highest BCUT2D eigenvalue weighted by molar-refractivity contribution is 5.90. The molecular formula is C18H18N2O4. The zero-order valence-electron chi connectivity index (χ0n) is 13.3. The van der Waals surface area contributed by atoms with E-state index in [1.807, 2.05) is 6.07 Å². The van der Waals surface area contributed by atoms with Crippen molar-refractivity contribution >= 4 is 18.1 Å². The van der Waals surface area contributed by atoms with Crippen LogP contribution in [-0.2, 0) is 9.53 Å². The standard InChI is InChI=1S/C18H18N2O4/c1-2-23-18(22)14-7-3-12(4-8-14)16-10-9-15(24-16)11-19-20-17(21)13-5-6-13/h3-4,7-11,13H,2,5-6H2,1H3,(H,20,21)/b19-11+. The molecule has 6 nitrogen and oxygen atoms in total. The summed E-state index contributed by atoms with van der Waals surface area (Å²) in [5.41, 5.74) is 3.83. The van der Waals surface area contributed by atoms with Gasteiger partial charge in [0, 0.05) is 11.5 Å². The molecule has 3 rings (SSSR count). The first-order valence-corrected chi connectivity index (χ1v) is 7.87. The Morgan fingerprint density at radius 1 is 1.25 bits per heavy atom. The minimum Gasteiger partial charge on any atom is -0.462 e. The SMILES string of the molecule is CCOC(=O)c1ccc(-c2ccc(/C=N/NC(=O)C3CC3)o2)cc1. The second-order valence-corrected chi connectivity index (χ2v) is 5.51. The molecule has 1 aliphatic rings. The molecule has 0 bridgehead atoms. The van der Waals surface area contributed by atoms with Crippen LogP contribution in [0, 0.1) is 5.92 Å². The molecule has 1 aliphatic carbocycles. The highest BCUT2D eigenvalue weighted by atomic mass is 16.5. The molecule has 1 fully saturated rings. The van der Waals surface area contributed by atoms with Gasteiger partial charge >= 0.3 is 5.97 Å². The summed E-state index contributed by atoms with van der Waals surface area (Å²) in [5.74, 6) is 0.915. The van der Waals surface area contributed by atoms with Gasteiger partial charge in [-0.25, -0.2) is 10.2 Å². The van der Waals surface area contributed by atoms with Crippen LogP contribution in [0.2, 0.25) is 0 Å². The molecule has 6 heteroatoms. The smallest absolute Gasteiger partial charge is 0.338 e. The Bertz CT molecular complexity index is 758. The third-order valence-electron chi connectivity index (χ3n) is 3.62. The molecule has 0 radical (unpaired) electrons. The van der Waals surface area contributed by atoms with Gasteiger partial charge in [-0.05, 0) is 44.0 Å². The summed E-state index contributed by atoms with van der Waals surface area (Å²) in [7, 11) is 0. The lowest BCUT2D eigenvalue weighted by molar-refractivity contribution is -0.122. The van der Waals surface area contributed by atoms with E-state index in [2.05, 4.69) is 10.5 Å². The average molecular weight is 326 g/mol. The first-order valence-electron chi connectivity index (χ1n) is 7.87. The van der Waals surface area contributed by atoms with Gasteiger partial charge in [-0.1, -0.05) is 12.1 Å². The first kappa shape index (κ1) is 16.0. The predicted octanol–water partition coefficient (Wildman–Crippen LogP) is 2.98. The van der Waals surface area contributed by atoms with Crippen LogP contribution in [0.3, 0.4) is 0 Å². The largest absolute Gasteiger partial charge is 0.462 e. The lowest BCUT2D eigenvalue weighted by Crippen LogP contribution is -2.18. The molecule has 0 unspecified atom stereocenters. The molecule has 1 aromatic carbocycles. The molecule has 1 saturated carbocycles. The van der Waals surface area contributed by atoms with Crippen molar-refractivity contribution in [3.05, 3.63) is 47.7 Å². The predicted molar refractivity (Wildman–Crippen MR) is 88.6 cm³/mol. The Kier molecular flexibility index (Phi) is 4.74. The van der Waals surface area contributed by atoms with Crippen LogP contribution >= 0.6 is 0 Å². The number of hydrogen-bond donors (Lipinski definition) is 1. The number of amides is 1. The Hall–Kier alpha value is -2.89. The fraction of sp³-hybridized carbons (Fsp3) is 0.278. The number of benzene rings is 1. The molecule has 0 spiro atoms. The molecule has 0 atom stereocenters.